The molecule has 0 radical (unpaired) electrons. The summed E-state index contributed by atoms with van der Waals surface area (Å²) in [4.78, 5) is 13.9. The SMILES string of the molecule is CC1CCCN(C(=O)NCc2ccccc2Br)C1. The number of rotatable bonds is 2. The van der Waals surface area contributed by atoms with E-state index in [0.29, 0.717) is 12.5 Å². The van der Waals surface area contributed by atoms with Crippen molar-refractivity contribution in [1.29, 1.82) is 0 Å². The molecule has 98 valence electrons. The molecular formula is C14H19BrN2O. The summed E-state index contributed by atoms with van der Waals surface area (Å²) in [5.74, 6) is 0.618. The van der Waals surface area contributed by atoms with Crippen molar-refractivity contribution in [2.24, 2.45) is 5.92 Å². The highest BCUT2D eigenvalue weighted by atomic mass is 79.9. The van der Waals surface area contributed by atoms with Crippen molar-refractivity contribution in [3.63, 3.8) is 0 Å². The Bertz CT molecular complexity index is 422. The Morgan fingerprint density at radius 3 is 3.00 bits per heavy atom. The first-order valence-corrected chi connectivity index (χ1v) is 7.22. The van der Waals surface area contributed by atoms with Crippen LogP contribution < -0.4 is 5.32 Å². The molecule has 2 amide bonds. The molecule has 2 rings (SSSR count). The van der Waals surface area contributed by atoms with Crippen molar-refractivity contribution in [3.8, 4) is 0 Å². The van der Waals surface area contributed by atoms with Gasteiger partial charge < -0.3 is 10.2 Å². The van der Waals surface area contributed by atoms with Gasteiger partial charge in [-0.1, -0.05) is 41.1 Å². The highest BCUT2D eigenvalue weighted by molar-refractivity contribution is 9.10. The van der Waals surface area contributed by atoms with E-state index in [9.17, 15) is 4.79 Å². The standard InChI is InChI=1S/C14H19BrN2O/c1-11-5-4-8-17(10-11)14(18)16-9-12-6-2-3-7-13(12)15/h2-3,6-7,11H,4-5,8-10H2,1H3,(H,16,18). The number of piperidine rings is 1. The number of nitrogens with one attached hydrogen (secondary N) is 1. The molecule has 1 aliphatic rings. The molecule has 3 nitrogen and oxygen atoms in total. The van der Waals surface area contributed by atoms with Crippen LogP contribution in [0, 0.1) is 5.92 Å². The summed E-state index contributed by atoms with van der Waals surface area (Å²) in [7, 11) is 0. The third-order valence-corrected chi connectivity index (χ3v) is 4.11. The second kappa shape index (κ2) is 6.23. The lowest BCUT2D eigenvalue weighted by molar-refractivity contribution is 0.169. The summed E-state index contributed by atoms with van der Waals surface area (Å²) in [6.45, 7) is 4.53. The Hall–Kier alpha value is -1.03. The number of hydrogen-bond acceptors (Lipinski definition) is 1. The van der Waals surface area contributed by atoms with Crippen LogP contribution in [0.2, 0.25) is 0 Å². The van der Waals surface area contributed by atoms with Gasteiger partial charge in [-0.05, 0) is 30.4 Å². The molecule has 0 bridgehead atoms. The van der Waals surface area contributed by atoms with E-state index in [-0.39, 0.29) is 6.03 Å². The maximum absolute atomic E-state index is 12.0. The van der Waals surface area contributed by atoms with Gasteiger partial charge in [0.15, 0.2) is 0 Å². The zero-order chi connectivity index (χ0) is 13.0. The monoisotopic (exact) mass is 310 g/mol. The van der Waals surface area contributed by atoms with Gasteiger partial charge in [0.2, 0.25) is 0 Å². The quantitative estimate of drug-likeness (QED) is 0.892. The zero-order valence-electron chi connectivity index (χ0n) is 10.7. The molecule has 1 N–H and O–H groups in total. The van der Waals surface area contributed by atoms with Gasteiger partial charge in [0.25, 0.3) is 0 Å². The maximum atomic E-state index is 12.0. The van der Waals surface area contributed by atoms with Crippen LogP contribution in [-0.2, 0) is 6.54 Å². The first-order valence-electron chi connectivity index (χ1n) is 6.43. The minimum Gasteiger partial charge on any atom is -0.334 e. The molecule has 18 heavy (non-hydrogen) atoms. The van der Waals surface area contributed by atoms with Crippen molar-refractivity contribution in [3.05, 3.63) is 34.3 Å². The molecule has 1 aliphatic heterocycles. The number of carbonyl (C=O) groups excluding carboxylic acids is 1. The Morgan fingerprint density at radius 1 is 1.50 bits per heavy atom. The molecule has 1 aromatic carbocycles. The van der Waals surface area contributed by atoms with Crippen LogP contribution in [0.5, 0.6) is 0 Å². The molecule has 1 aromatic rings. The Balaban J connectivity index is 1.86. The second-order valence-electron chi connectivity index (χ2n) is 4.94. The van der Waals surface area contributed by atoms with Crippen molar-refractivity contribution >= 4 is 22.0 Å². The minimum absolute atomic E-state index is 0.0531. The fourth-order valence-electron chi connectivity index (χ4n) is 2.30. The van der Waals surface area contributed by atoms with E-state index in [4.69, 9.17) is 0 Å². The van der Waals surface area contributed by atoms with Crippen molar-refractivity contribution in [2.75, 3.05) is 13.1 Å². The van der Waals surface area contributed by atoms with Gasteiger partial charge in [0.1, 0.15) is 0 Å². The molecule has 1 saturated heterocycles. The molecule has 1 fully saturated rings. The lowest BCUT2D eigenvalue weighted by Crippen LogP contribution is -2.44. The predicted octanol–water partition coefficient (Wildman–Crippen LogP) is 3.39. The number of hydrogen-bond donors (Lipinski definition) is 1. The fraction of sp³-hybridized carbons (Fsp3) is 0.500. The molecule has 1 heterocycles. The largest absolute Gasteiger partial charge is 0.334 e. The number of likely N-dealkylation sites (tertiary alicyclic amines) is 1. The summed E-state index contributed by atoms with van der Waals surface area (Å²) < 4.78 is 1.04. The highest BCUT2D eigenvalue weighted by Gasteiger charge is 2.20. The normalized spacial score (nSPS) is 19.7. The number of nitrogens with zero attached hydrogens (tertiary/aromatic N) is 1. The number of urea groups is 1. The van der Waals surface area contributed by atoms with E-state index < -0.39 is 0 Å². The number of amides is 2. The van der Waals surface area contributed by atoms with Gasteiger partial charge in [-0.25, -0.2) is 4.79 Å². The minimum atomic E-state index is 0.0531. The van der Waals surface area contributed by atoms with Crippen LogP contribution in [-0.4, -0.2) is 24.0 Å². The second-order valence-corrected chi connectivity index (χ2v) is 5.80. The van der Waals surface area contributed by atoms with Crippen molar-refractivity contribution < 1.29 is 4.79 Å². The average molecular weight is 311 g/mol. The summed E-state index contributed by atoms with van der Waals surface area (Å²) in [6.07, 6.45) is 2.34. The smallest absolute Gasteiger partial charge is 0.317 e. The van der Waals surface area contributed by atoms with Gasteiger partial charge in [0.05, 0.1) is 0 Å². The van der Waals surface area contributed by atoms with Gasteiger partial charge in [-0.3, -0.25) is 0 Å². The van der Waals surface area contributed by atoms with Gasteiger partial charge in [-0.2, -0.15) is 0 Å². The van der Waals surface area contributed by atoms with Crippen LogP contribution in [0.4, 0.5) is 4.79 Å². The molecule has 0 aliphatic carbocycles. The summed E-state index contributed by atoms with van der Waals surface area (Å²) in [5.41, 5.74) is 1.11. The van der Waals surface area contributed by atoms with Crippen molar-refractivity contribution in [2.45, 2.75) is 26.3 Å². The lowest BCUT2D eigenvalue weighted by atomic mass is 10.0. The van der Waals surface area contributed by atoms with E-state index in [1.807, 2.05) is 29.2 Å². The predicted molar refractivity (Wildman–Crippen MR) is 76.3 cm³/mol. The number of benzene rings is 1. The van der Waals surface area contributed by atoms with E-state index in [0.717, 1.165) is 29.5 Å². The zero-order valence-corrected chi connectivity index (χ0v) is 12.2. The first-order chi connectivity index (χ1) is 8.66. The Kier molecular flexibility index (Phi) is 4.64. The molecule has 0 saturated carbocycles. The van der Waals surface area contributed by atoms with Crippen LogP contribution in [0.1, 0.15) is 25.3 Å². The van der Waals surface area contributed by atoms with Gasteiger partial charge >= 0.3 is 6.03 Å². The van der Waals surface area contributed by atoms with E-state index >= 15 is 0 Å². The Morgan fingerprint density at radius 2 is 2.28 bits per heavy atom. The summed E-state index contributed by atoms with van der Waals surface area (Å²) >= 11 is 3.49. The maximum Gasteiger partial charge on any atom is 0.317 e. The molecule has 0 aromatic heterocycles. The van der Waals surface area contributed by atoms with Crippen molar-refractivity contribution in [1.82, 2.24) is 10.2 Å². The van der Waals surface area contributed by atoms with Gasteiger partial charge in [0, 0.05) is 24.1 Å². The van der Waals surface area contributed by atoms with E-state index in [2.05, 4.69) is 28.2 Å². The average Bonchev–Trinajstić information content (AvgIpc) is 2.37. The van der Waals surface area contributed by atoms with E-state index in [1.54, 1.807) is 0 Å². The number of halogens is 1. The first kappa shape index (κ1) is 13.4. The molecule has 4 heteroatoms. The van der Waals surface area contributed by atoms with Gasteiger partial charge in [-0.15, -0.1) is 0 Å². The summed E-state index contributed by atoms with van der Waals surface area (Å²) in [6, 6.07) is 8.02. The number of carbonyl (C=O) groups is 1. The van der Waals surface area contributed by atoms with E-state index in [1.165, 1.54) is 6.42 Å². The third-order valence-electron chi connectivity index (χ3n) is 3.33. The molecule has 1 atom stereocenters. The lowest BCUT2D eigenvalue weighted by Gasteiger charge is -2.31. The van der Waals surface area contributed by atoms with Crippen LogP contribution in [0.25, 0.3) is 0 Å². The van der Waals surface area contributed by atoms with Crippen LogP contribution in [0.3, 0.4) is 0 Å². The molecular weight excluding hydrogens is 292 g/mol. The van der Waals surface area contributed by atoms with Crippen LogP contribution >= 0.6 is 15.9 Å². The highest BCUT2D eigenvalue weighted by Crippen LogP contribution is 2.17. The fourth-order valence-corrected chi connectivity index (χ4v) is 2.72. The third kappa shape index (κ3) is 3.48. The Labute approximate surface area is 117 Å². The molecule has 1 unspecified atom stereocenters. The van der Waals surface area contributed by atoms with Crippen LogP contribution in [0.15, 0.2) is 28.7 Å². The molecule has 0 spiro atoms. The summed E-state index contributed by atoms with van der Waals surface area (Å²) in [5, 5.41) is 2.99. The topological polar surface area (TPSA) is 32.3 Å².